The zero-order valence-electron chi connectivity index (χ0n) is 17.6. The molecule has 2 aliphatic rings. The summed E-state index contributed by atoms with van der Waals surface area (Å²) in [6.45, 7) is 0. The molecular weight excluding hydrogens is 540 g/mol. The quantitative estimate of drug-likeness (QED) is 0.372. The number of halogens is 4. The van der Waals surface area contributed by atoms with Crippen LogP contribution < -0.4 is 10.2 Å². The summed E-state index contributed by atoms with van der Waals surface area (Å²) in [7, 11) is 0. The van der Waals surface area contributed by atoms with Crippen LogP contribution >= 0.6 is 22.6 Å². The Morgan fingerprint density at radius 1 is 0.939 bits per heavy atom. The van der Waals surface area contributed by atoms with Crippen LogP contribution in [0.25, 0.3) is 0 Å². The average Bonchev–Trinajstić information content (AvgIpc) is 3.35. The van der Waals surface area contributed by atoms with Crippen molar-refractivity contribution in [2.24, 2.45) is 0 Å². The molecular formula is C26H22F3IN2O. The number of benzene rings is 3. The first-order chi connectivity index (χ1) is 15.8. The second-order valence-electron chi connectivity index (χ2n) is 8.57. The second kappa shape index (κ2) is 8.76. The highest BCUT2D eigenvalue weighted by Crippen LogP contribution is 2.41. The van der Waals surface area contributed by atoms with Crippen LogP contribution in [0.1, 0.15) is 47.2 Å². The molecule has 3 atom stereocenters. The topological polar surface area (TPSA) is 32.3 Å². The van der Waals surface area contributed by atoms with Crippen LogP contribution in [-0.2, 0) is 17.4 Å². The Morgan fingerprint density at radius 2 is 1.70 bits per heavy atom. The van der Waals surface area contributed by atoms with Gasteiger partial charge in [-0.15, -0.1) is 0 Å². The monoisotopic (exact) mass is 562 g/mol. The lowest BCUT2D eigenvalue weighted by atomic mass is 10.0. The number of rotatable bonds is 4. The van der Waals surface area contributed by atoms with Crippen molar-refractivity contribution in [3.05, 3.63) is 98.6 Å². The highest BCUT2D eigenvalue weighted by atomic mass is 127. The number of carbonyl (C=O) groups excluding carboxylic acids is 1. The maximum absolute atomic E-state index is 13.6. The maximum Gasteiger partial charge on any atom is 0.416 e. The summed E-state index contributed by atoms with van der Waals surface area (Å²) in [5.41, 5.74) is 3.26. The van der Waals surface area contributed by atoms with Gasteiger partial charge >= 0.3 is 6.18 Å². The fraction of sp³-hybridized carbons (Fsp3) is 0.269. The predicted octanol–water partition coefficient (Wildman–Crippen LogP) is 6.43. The van der Waals surface area contributed by atoms with Crippen molar-refractivity contribution in [1.29, 1.82) is 0 Å². The summed E-state index contributed by atoms with van der Waals surface area (Å²) in [5.74, 6) is -0.108. The van der Waals surface area contributed by atoms with Crippen LogP contribution in [-0.4, -0.2) is 11.9 Å². The van der Waals surface area contributed by atoms with E-state index in [0.29, 0.717) is 12.1 Å². The van der Waals surface area contributed by atoms with E-state index in [-0.39, 0.29) is 18.0 Å². The van der Waals surface area contributed by atoms with Crippen LogP contribution in [0, 0.1) is 3.57 Å². The molecule has 1 fully saturated rings. The van der Waals surface area contributed by atoms with Gasteiger partial charge in [-0.05, 0) is 94.9 Å². The van der Waals surface area contributed by atoms with E-state index in [1.807, 2.05) is 36.4 Å². The van der Waals surface area contributed by atoms with E-state index in [4.69, 9.17) is 0 Å². The van der Waals surface area contributed by atoms with Gasteiger partial charge in [0.1, 0.15) is 0 Å². The summed E-state index contributed by atoms with van der Waals surface area (Å²) >= 11 is 2.23. The van der Waals surface area contributed by atoms with E-state index in [0.717, 1.165) is 34.1 Å². The maximum atomic E-state index is 13.6. The Hall–Kier alpha value is -2.39. The zero-order chi connectivity index (χ0) is 23.2. The Balaban J connectivity index is 1.47. The van der Waals surface area contributed by atoms with Gasteiger partial charge < -0.3 is 4.90 Å². The molecule has 0 unspecified atom stereocenters. The molecule has 1 amide bonds. The minimum Gasteiger partial charge on any atom is -0.304 e. The van der Waals surface area contributed by atoms with Crippen molar-refractivity contribution in [3.8, 4) is 0 Å². The molecule has 7 heteroatoms. The van der Waals surface area contributed by atoms with Gasteiger partial charge in [-0.25, -0.2) is 0 Å². The summed E-state index contributed by atoms with van der Waals surface area (Å²) in [6.07, 6.45) is -1.96. The summed E-state index contributed by atoms with van der Waals surface area (Å²) in [5, 5.41) is 3.56. The van der Waals surface area contributed by atoms with Crippen LogP contribution in [0.15, 0.2) is 72.8 Å². The molecule has 0 aromatic heterocycles. The van der Waals surface area contributed by atoms with Crippen LogP contribution in [0.3, 0.4) is 0 Å². The second-order valence-corrected chi connectivity index (χ2v) is 9.81. The molecule has 0 bridgehead atoms. The minimum atomic E-state index is -4.41. The van der Waals surface area contributed by atoms with E-state index in [9.17, 15) is 18.0 Å². The molecule has 0 spiro atoms. The number of nitrogens with one attached hydrogen (secondary N) is 1. The number of nitrogens with zero attached hydrogens (tertiary/aromatic N) is 1. The van der Waals surface area contributed by atoms with E-state index >= 15 is 0 Å². The molecule has 3 aromatic rings. The van der Waals surface area contributed by atoms with Crippen LogP contribution in [0.5, 0.6) is 0 Å². The van der Waals surface area contributed by atoms with Gasteiger partial charge in [-0.1, -0.05) is 36.4 Å². The van der Waals surface area contributed by atoms with Crippen molar-refractivity contribution in [3.63, 3.8) is 0 Å². The molecule has 0 radical (unpaired) electrons. The van der Waals surface area contributed by atoms with E-state index in [1.54, 1.807) is 4.90 Å². The Bertz CT molecular complexity index is 1180. The Kier molecular flexibility index (Phi) is 5.95. The molecule has 170 valence electrons. The van der Waals surface area contributed by atoms with Gasteiger partial charge in [0.05, 0.1) is 17.6 Å². The first-order valence-corrected chi connectivity index (χ1v) is 12.0. The molecule has 1 saturated heterocycles. The molecule has 3 nitrogen and oxygen atoms in total. The average molecular weight is 562 g/mol. The molecule has 1 aliphatic carbocycles. The fourth-order valence-corrected chi connectivity index (χ4v) is 5.55. The summed E-state index contributed by atoms with van der Waals surface area (Å²) < 4.78 is 40.3. The van der Waals surface area contributed by atoms with Crippen molar-refractivity contribution in [1.82, 2.24) is 5.32 Å². The molecule has 1 heterocycles. The number of amides is 1. The summed E-state index contributed by atoms with van der Waals surface area (Å²) in [4.78, 5) is 15.3. The number of fused-ring (bicyclic) bond motifs is 1. The largest absolute Gasteiger partial charge is 0.416 e. The minimum absolute atomic E-state index is 0.0965. The van der Waals surface area contributed by atoms with Crippen molar-refractivity contribution < 1.29 is 18.0 Å². The van der Waals surface area contributed by atoms with Crippen molar-refractivity contribution in [2.75, 3.05) is 4.90 Å². The number of hydrogen-bond acceptors (Lipinski definition) is 2. The molecule has 33 heavy (non-hydrogen) atoms. The first kappa shape index (κ1) is 22.4. The lowest BCUT2D eigenvalue weighted by molar-refractivity contribution is -0.137. The van der Waals surface area contributed by atoms with E-state index < -0.39 is 17.8 Å². The van der Waals surface area contributed by atoms with E-state index in [1.165, 1.54) is 23.3 Å². The van der Waals surface area contributed by atoms with Gasteiger partial charge in [-0.3, -0.25) is 10.1 Å². The third kappa shape index (κ3) is 4.40. The molecule has 5 rings (SSSR count). The SMILES string of the molecule is O=C1[C@@H](N[C@H]2CCc3ccccc32)C[C@@H](c2cccc(I)c2)N1c1ccc(C(F)(F)F)cc1. The highest BCUT2D eigenvalue weighted by molar-refractivity contribution is 14.1. The molecule has 0 saturated carbocycles. The van der Waals surface area contributed by atoms with Gasteiger partial charge in [0.15, 0.2) is 0 Å². The smallest absolute Gasteiger partial charge is 0.304 e. The fourth-order valence-electron chi connectivity index (χ4n) is 4.98. The number of carbonyl (C=O) groups is 1. The lowest BCUT2D eigenvalue weighted by Gasteiger charge is -2.26. The third-order valence-corrected chi connectivity index (χ3v) is 7.22. The summed E-state index contributed by atoms with van der Waals surface area (Å²) in [6, 6.07) is 20.5. The van der Waals surface area contributed by atoms with E-state index in [2.05, 4.69) is 40.0 Å². The zero-order valence-corrected chi connectivity index (χ0v) is 19.8. The van der Waals surface area contributed by atoms with Gasteiger partial charge in [0.25, 0.3) is 0 Å². The first-order valence-electron chi connectivity index (χ1n) is 10.9. The van der Waals surface area contributed by atoms with Crippen molar-refractivity contribution >= 4 is 34.2 Å². The van der Waals surface area contributed by atoms with Gasteiger partial charge in [0, 0.05) is 15.3 Å². The Labute approximate surface area is 204 Å². The standard InChI is InChI=1S/C26H22F3IN2O/c27-26(28,29)18-9-11-20(12-10-18)32-24(17-5-3-6-19(30)14-17)15-23(25(32)33)31-22-13-8-16-4-1-2-7-21(16)22/h1-7,9-12,14,22-24,31H,8,13,15H2/t22-,23-,24-/m0/s1. The van der Waals surface area contributed by atoms with Gasteiger partial charge in [-0.2, -0.15) is 13.2 Å². The van der Waals surface area contributed by atoms with Crippen LogP contribution in [0.2, 0.25) is 0 Å². The van der Waals surface area contributed by atoms with Crippen molar-refractivity contribution in [2.45, 2.75) is 43.6 Å². The highest BCUT2D eigenvalue weighted by Gasteiger charge is 2.43. The lowest BCUT2D eigenvalue weighted by Crippen LogP contribution is -2.40. The molecule has 3 aromatic carbocycles. The predicted molar refractivity (Wildman–Crippen MR) is 130 cm³/mol. The Morgan fingerprint density at radius 3 is 2.42 bits per heavy atom. The normalized spacial score (nSPS) is 22.6. The van der Waals surface area contributed by atoms with Gasteiger partial charge in [0.2, 0.25) is 5.91 Å². The number of anilines is 1. The number of alkyl halides is 3. The molecule has 1 aliphatic heterocycles. The molecule has 1 N–H and O–H groups in total. The van der Waals surface area contributed by atoms with Crippen LogP contribution in [0.4, 0.5) is 18.9 Å². The number of aryl methyl sites for hydroxylation is 1. The third-order valence-electron chi connectivity index (χ3n) is 6.55. The number of hydrogen-bond donors (Lipinski definition) is 1.